The molecule has 3 heteroatoms. The zero-order chi connectivity index (χ0) is 21.4. The van der Waals surface area contributed by atoms with E-state index in [2.05, 4.69) is 52.8 Å². The van der Waals surface area contributed by atoms with Crippen LogP contribution in [0.15, 0.2) is 47.1 Å². The molecule has 0 spiro atoms. The number of hydrogen-bond donors (Lipinski definition) is 2. The minimum atomic E-state index is -0.309. The molecule has 0 saturated carbocycles. The Labute approximate surface area is 176 Å². The van der Waals surface area contributed by atoms with E-state index in [0.717, 1.165) is 56.9 Å². The van der Waals surface area contributed by atoms with Crippen LogP contribution in [-0.2, 0) is 6.42 Å². The van der Waals surface area contributed by atoms with Gasteiger partial charge in [-0.1, -0.05) is 41.0 Å². The number of phenols is 2. The van der Waals surface area contributed by atoms with Crippen LogP contribution < -0.4 is 4.74 Å². The summed E-state index contributed by atoms with van der Waals surface area (Å²) in [5.74, 6) is 0.202. The first-order valence-electron chi connectivity index (χ1n) is 10.9. The molecule has 0 bridgehead atoms. The SMILES string of the molecule is CC(C)=CCC/C(C)=C/CC/C(C)=C/CCC1(C)CCc2ccc(O)c(O)c2O1. The van der Waals surface area contributed by atoms with Gasteiger partial charge in [-0.15, -0.1) is 0 Å². The first-order chi connectivity index (χ1) is 13.7. The average molecular weight is 399 g/mol. The molecule has 0 aromatic heterocycles. The average Bonchev–Trinajstić information content (AvgIpc) is 2.65. The third-order valence-electron chi connectivity index (χ3n) is 5.75. The predicted octanol–water partition coefficient (Wildman–Crippen LogP) is 7.38. The van der Waals surface area contributed by atoms with Gasteiger partial charge in [-0.3, -0.25) is 0 Å². The van der Waals surface area contributed by atoms with Crippen molar-refractivity contribution in [1.82, 2.24) is 0 Å². The maximum Gasteiger partial charge on any atom is 0.200 e. The van der Waals surface area contributed by atoms with Crippen LogP contribution in [0.4, 0.5) is 0 Å². The van der Waals surface area contributed by atoms with Gasteiger partial charge in [0.25, 0.3) is 0 Å². The topological polar surface area (TPSA) is 49.7 Å². The minimum Gasteiger partial charge on any atom is -0.504 e. The first-order valence-corrected chi connectivity index (χ1v) is 10.9. The molecule has 160 valence electrons. The summed E-state index contributed by atoms with van der Waals surface area (Å²) < 4.78 is 6.13. The number of ether oxygens (including phenoxy) is 1. The molecule has 0 fully saturated rings. The van der Waals surface area contributed by atoms with E-state index in [1.807, 2.05) is 6.07 Å². The smallest absolute Gasteiger partial charge is 0.200 e. The molecule has 0 saturated heterocycles. The number of allylic oxidation sites excluding steroid dienone is 6. The van der Waals surface area contributed by atoms with E-state index in [1.54, 1.807) is 0 Å². The largest absolute Gasteiger partial charge is 0.504 e. The van der Waals surface area contributed by atoms with Crippen molar-refractivity contribution < 1.29 is 14.9 Å². The van der Waals surface area contributed by atoms with Gasteiger partial charge < -0.3 is 14.9 Å². The molecule has 29 heavy (non-hydrogen) atoms. The summed E-state index contributed by atoms with van der Waals surface area (Å²) >= 11 is 0. The summed E-state index contributed by atoms with van der Waals surface area (Å²) in [4.78, 5) is 0. The quantitative estimate of drug-likeness (QED) is 0.337. The summed E-state index contributed by atoms with van der Waals surface area (Å²) in [6.45, 7) is 10.8. The molecule has 3 nitrogen and oxygen atoms in total. The number of rotatable bonds is 9. The standard InChI is InChI=1S/C26H38O3/c1-19(2)9-6-10-20(3)11-7-12-21(4)13-8-17-26(5)18-16-22-14-15-23(27)24(28)25(22)29-26/h9,11,13-15,27-28H,6-8,10,12,16-18H2,1-5H3/b20-11+,21-13+. The van der Waals surface area contributed by atoms with Crippen LogP contribution >= 0.6 is 0 Å². The number of fused-ring (bicyclic) bond motifs is 1. The Morgan fingerprint density at radius 1 is 0.966 bits per heavy atom. The first kappa shape index (κ1) is 23.1. The van der Waals surface area contributed by atoms with Gasteiger partial charge in [-0.25, -0.2) is 0 Å². The molecular formula is C26H38O3. The Kier molecular flexibility index (Phi) is 8.43. The number of aryl methyl sites for hydroxylation is 1. The highest BCUT2D eigenvalue weighted by atomic mass is 16.5. The van der Waals surface area contributed by atoms with E-state index in [0.29, 0.717) is 5.75 Å². The second-order valence-corrected chi connectivity index (χ2v) is 8.97. The molecule has 1 unspecified atom stereocenters. The van der Waals surface area contributed by atoms with Gasteiger partial charge in [0.05, 0.1) is 0 Å². The monoisotopic (exact) mass is 398 g/mol. The molecule has 1 aromatic rings. The van der Waals surface area contributed by atoms with E-state index in [4.69, 9.17) is 4.74 Å². The molecule has 2 rings (SSSR count). The lowest BCUT2D eigenvalue weighted by atomic mass is 9.88. The zero-order valence-electron chi connectivity index (χ0n) is 18.8. The van der Waals surface area contributed by atoms with Crippen molar-refractivity contribution in [2.45, 2.75) is 91.6 Å². The van der Waals surface area contributed by atoms with Gasteiger partial charge >= 0.3 is 0 Å². The highest BCUT2D eigenvalue weighted by molar-refractivity contribution is 5.55. The lowest BCUT2D eigenvalue weighted by molar-refractivity contribution is 0.0533. The van der Waals surface area contributed by atoms with Crippen LogP contribution in [0, 0.1) is 0 Å². The van der Waals surface area contributed by atoms with Crippen LogP contribution in [0.25, 0.3) is 0 Å². The Morgan fingerprint density at radius 3 is 2.24 bits per heavy atom. The molecule has 0 amide bonds. The van der Waals surface area contributed by atoms with Crippen LogP contribution in [0.1, 0.15) is 85.1 Å². The van der Waals surface area contributed by atoms with E-state index >= 15 is 0 Å². The molecule has 0 aliphatic carbocycles. The number of hydrogen-bond acceptors (Lipinski definition) is 3. The third-order valence-corrected chi connectivity index (χ3v) is 5.75. The fraction of sp³-hybridized carbons (Fsp3) is 0.538. The second-order valence-electron chi connectivity index (χ2n) is 8.97. The molecule has 1 heterocycles. The van der Waals surface area contributed by atoms with Crippen molar-refractivity contribution >= 4 is 0 Å². The number of phenolic OH excluding ortho intramolecular Hbond substituents is 2. The van der Waals surface area contributed by atoms with Gasteiger partial charge in [0.15, 0.2) is 11.5 Å². The van der Waals surface area contributed by atoms with E-state index in [1.165, 1.54) is 22.8 Å². The van der Waals surface area contributed by atoms with Crippen LogP contribution in [0.5, 0.6) is 17.2 Å². The molecule has 1 aliphatic rings. The lowest BCUT2D eigenvalue weighted by Gasteiger charge is -2.36. The number of aromatic hydroxyl groups is 2. The van der Waals surface area contributed by atoms with Gasteiger partial charge in [0, 0.05) is 0 Å². The van der Waals surface area contributed by atoms with Gasteiger partial charge in [0.2, 0.25) is 5.75 Å². The Morgan fingerprint density at radius 2 is 1.59 bits per heavy atom. The fourth-order valence-electron chi connectivity index (χ4n) is 3.75. The summed E-state index contributed by atoms with van der Waals surface area (Å²) in [6.07, 6.45) is 15.1. The summed E-state index contributed by atoms with van der Waals surface area (Å²) in [6, 6.07) is 3.37. The Bertz CT molecular complexity index is 781. The van der Waals surface area contributed by atoms with Gasteiger partial charge in [-0.05, 0) is 97.6 Å². The van der Waals surface area contributed by atoms with Crippen molar-refractivity contribution in [2.75, 3.05) is 0 Å². The van der Waals surface area contributed by atoms with Crippen LogP contribution in [0.2, 0.25) is 0 Å². The summed E-state index contributed by atoms with van der Waals surface area (Å²) in [7, 11) is 0. The number of benzene rings is 1. The fourth-order valence-corrected chi connectivity index (χ4v) is 3.75. The van der Waals surface area contributed by atoms with E-state index < -0.39 is 0 Å². The highest BCUT2D eigenvalue weighted by Gasteiger charge is 2.33. The van der Waals surface area contributed by atoms with Crippen molar-refractivity contribution in [3.63, 3.8) is 0 Å². The van der Waals surface area contributed by atoms with Crippen molar-refractivity contribution in [3.8, 4) is 17.2 Å². The maximum atomic E-state index is 10.1. The maximum absolute atomic E-state index is 10.1. The predicted molar refractivity (Wildman–Crippen MR) is 122 cm³/mol. The minimum absolute atomic E-state index is 0.118. The Hall–Kier alpha value is -2.16. The highest BCUT2D eigenvalue weighted by Crippen LogP contribution is 2.45. The molecule has 0 radical (unpaired) electrons. The normalized spacial score (nSPS) is 19.5. The molecule has 1 aliphatic heterocycles. The third kappa shape index (κ3) is 7.30. The second kappa shape index (κ2) is 10.6. The Balaban J connectivity index is 1.80. The van der Waals surface area contributed by atoms with Crippen molar-refractivity contribution in [2.24, 2.45) is 0 Å². The van der Waals surface area contributed by atoms with Crippen molar-refractivity contribution in [3.05, 3.63) is 52.6 Å². The summed E-state index contributed by atoms with van der Waals surface area (Å²) in [5.41, 5.74) is 4.94. The van der Waals surface area contributed by atoms with Gasteiger partial charge in [-0.2, -0.15) is 0 Å². The van der Waals surface area contributed by atoms with Gasteiger partial charge in [0.1, 0.15) is 5.60 Å². The molecule has 2 N–H and O–H groups in total. The van der Waals surface area contributed by atoms with E-state index in [-0.39, 0.29) is 17.1 Å². The molecule has 1 atom stereocenters. The summed E-state index contributed by atoms with van der Waals surface area (Å²) in [5, 5.41) is 19.9. The van der Waals surface area contributed by atoms with Crippen molar-refractivity contribution in [1.29, 1.82) is 0 Å². The lowest BCUT2D eigenvalue weighted by Crippen LogP contribution is -2.36. The zero-order valence-corrected chi connectivity index (χ0v) is 18.8. The molecule has 1 aromatic carbocycles. The molecular weight excluding hydrogens is 360 g/mol. The van der Waals surface area contributed by atoms with Crippen LogP contribution in [-0.4, -0.2) is 15.8 Å². The van der Waals surface area contributed by atoms with E-state index in [9.17, 15) is 10.2 Å². The van der Waals surface area contributed by atoms with Crippen LogP contribution in [0.3, 0.4) is 0 Å².